The summed E-state index contributed by atoms with van der Waals surface area (Å²) in [5.74, 6) is -0.110. The molecule has 16 heavy (non-hydrogen) atoms. The van der Waals surface area contributed by atoms with Crippen LogP contribution >= 0.6 is 0 Å². The topological polar surface area (TPSA) is 15.3 Å². The fourth-order valence-corrected chi connectivity index (χ4v) is 1.65. The summed E-state index contributed by atoms with van der Waals surface area (Å²) in [5, 5.41) is 3.28. The molecule has 90 valence electrons. The second kappa shape index (κ2) is 7.36. The van der Waals surface area contributed by atoms with Gasteiger partial charge in [-0.2, -0.15) is 0 Å². The zero-order chi connectivity index (χ0) is 11.8. The van der Waals surface area contributed by atoms with E-state index >= 15 is 0 Å². The van der Waals surface area contributed by atoms with Crippen LogP contribution in [0.2, 0.25) is 0 Å². The molecule has 0 spiro atoms. The molecule has 0 unspecified atom stereocenters. The molecule has 0 heterocycles. The van der Waals surface area contributed by atoms with Crippen molar-refractivity contribution in [3.8, 4) is 0 Å². The third kappa shape index (κ3) is 4.73. The normalized spacial score (nSPS) is 11.0. The van der Waals surface area contributed by atoms with Crippen LogP contribution in [0.1, 0.15) is 18.9 Å². The predicted molar refractivity (Wildman–Crippen MR) is 65.9 cm³/mol. The highest BCUT2D eigenvalue weighted by Crippen LogP contribution is 2.08. The Kier molecular flexibility index (Phi) is 6.04. The number of rotatable bonds is 7. The first-order chi connectivity index (χ1) is 7.74. The summed E-state index contributed by atoms with van der Waals surface area (Å²) in [6.45, 7) is 5.80. The molecule has 1 N–H and O–H groups in total. The van der Waals surface area contributed by atoms with E-state index in [-0.39, 0.29) is 5.82 Å². The van der Waals surface area contributed by atoms with Crippen LogP contribution in [0.3, 0.4) is 0 Å². The number of hydrogen-bond acceptors (Lipinski definition) is 2. The molecule has 0 aliphatic rings. The van der Waals surface area contributed by atoms with Gasteiger partial charge in [-0.05, 0) is 39.2 Å². The first-order valence-electron chi connectivity index (χ1n) is 5.86. The van der Waals surface area contributed by atoms with Gasteiger partial charge in [-0.25, -0.2) is 4.39 Å². The van der Waals surface area contributed by atoms with Crippen LogP contribution in [0.15, 0.2) is 24.3 Å². The van der Waals surface area contributed by atoms with Crippen molar-refractivity contribution >= 4 is 0 Å². The molecule has 1 aromatic rings. The van der Waals surface area contributed by atoms with E-state index in [0.29, 0.717) is 6.54 Å². The lowest BCUT2D eigenvalue weighted by molar-refractivity contribution is 0.315. The zero-order valence-corrected chi connectivity index (χ0v) is 10.2. The monoisotopic (exact) mass is 224 g/mol. The highest BCUT2D eigenvalue weighted by molar-refractivity contribution is 5.16. The van der Waals surface area contributed by atoms with Crippen molar-refractivity contribution in [2.75, 3.05) is 26.7 Å². The number of hydrogen-bond donors (Lipinski definition) is 1. The van der Waals surface area contributed by atoms with E-state index in [4.69, 9.17) is 0 Å². The SMILES string of the molecule is CCNCCCN(C)Cc1ccccc1F. The summed E-state index contributed by atoms with van der Waals surface area (Å²) < 4.78 is 13.4. The molecule has 1 aromatic carbocycles. The molecule has 0 aromatic heterocycles. The van der Waals surface area contributed by atoms with E-state index in [9.17, 15) is 4.39 Å². The summed E-state index contributed by atoms with van der Waals surface area (Å²) >= 11 is 0. The second-order valence-electron chi connectivity index (χ2n) is 4.04. The largest absolute Gasteiger partial charge is 0.317 e. The van der Waals surface area contributed by atoms with E-state index in [0.717, 1.165) is 31.6 Å². The van der Waals surface area contributed by atoms with Crippen molar-refractivity contribution in [2.45, 2.75) is 19.9 Å². The van der Waals surface area contributed by atoms with Crippen molar-refractivity contribution in [3.05, 3.63) is 35.6 Å². The Morgan fingerprint density at radius 2 is 2.06 bits per heavy atom. The maximum absolute atomic E-state index is 13.4. The Labute approximate surface area is 97.5 Å². The van der Waals surface area contributed by atoms with Crippen LogP contribution in [0, 0.1) is 5.82 Å². The summed E-state index contributed by atoms with van der Waals surface area (Å²) in [5.41, 5.74) is 0.772. The van der Waals surface area contributed by atoms with Gasteiger partial charge in [0.05, 0.1) is 0 Å². The molecular formula is C13H21FN2. The lowest BCUT2D eigenvalue weighted by atomic mass is 10.2. The highest BCUT2D eigenvalue weighted by atomic mass is 19.1. The van der Waals surface area contributed by atoms with Crippen LogP contribution < -0.4 is 5.32 Å². The average molecular weight is 224 g/mol. The van der Waals surface area contributed by atoms with Crippen LogP contribution in [0.25, 0.3) is 0 Å². The molecule has 0 radical (unpaired) electrons. The van der Waals surface area contributed by atoms with Gasteiger partial charge in [0.2, 0.25) is 0 Å². The molecule has 0 bridgehead atoms. The molecule has 2 nitrogen and oxygen atoms in total. The van der Waals surface area contributed by atoms with Crippen LogP contribution in [-0.4, -0.2) is 31.6 Å². The standard InChI is InChI=1S/C13H21FN2/c1-3-15-9-6-10-16(2)11-12-7-4-5-8-13(12)14/h4-5,7-8,15H,3,6,9-11H2,1-2H3. The fraction of sp³-hybridized carbons (Fsp3) is 0.538. The first kappa shape index (κ1) is 13.1. The number of halogens is 1. The van der Waals surface area contributed by atoms with E-state index in [2.05, 4.69) is 17.1 Å². The molecular weight excluding hydrogens is 203 g/mol. The second-order valence-corrected chi connectivity index (χ2v) is 4.04. The number of benzene rings is 1. The Hall–Kier alpha value is -0.930. The summed E-state index contributed by atoms with van der Waals surface area (Å²) in [7, 11) is 2.03. The van der Waals surface area contributed by atoms with Crippen molar-refractivity contribution in [1.29, 1.82) is 0 Å². The van der Waals surface area contributed by atoms with Gasteiger partial charge in [0.25, 0.3) is 0 Å². The van der Waals surface area contributed by atoms with Gasteiger partial charge in [-0.3, -0.25) is 0 Å². The zero-order valence-electron chi connectivity index (χ0n) is 10.2. The predicted octanol–water partition coefficient (Wildman–Crippen LogP) is 2.26. The fourth-order valence-electron chi connectivity index (χ4n) is 1.65. The highest BCUT2D eigenvalue weighted by Gasteiger charge is 2.04. The first-order valence-corrected chi connectivity index (χ1v) is 5.86. The van der Waals surface area contributed by atoms with Crippen molar-refractivity contribution in [1.82, 2.24) is 10.2 Å². The van der Waals surface area contributed by atoms with Gasteiger partial charge in [0.15, 0.2) is 0 Å². The molecule has 0 atom stereocenters. The third-order valence-corrected chi connectivity index (χ3v) is 2.54. The molecule has 0 saturated carbocycles. The maximum Gasteiger partial charge on any atom is 0.127 e. The lowest BCUT2D eigenvalue weighted by Crippen LogP contribution is -2.24. The van der Waals surface area contributed by atoms with E-state index in [1.54, 1.807) is 6.07 Å². The number of nitrogens with one attached hydrogen (secondary N) is 1. The molecule has 0 aliphatic carbocycles. The van der Waals surface area contributed by atoms with Crippen LogP contribution in [-0.2, 0) is 6.54 Å². The Bertz CT molecular complexity index is 302. The lowest BCUT2D eigenvalue weighted by Gasteiger charge is -2.16. The minimum Gasteiger partial charge on any atom is -0.317 e. The molecule has 0 fully saturated rings. The molecule has 0 aliphatic heterocycles. The van der Waals surface area contributed by atoms with Gasteiger partial charge in [-0.15, -0.1) is 0 Å². The maximum atomic E-state index is 13.4. The summed E-state index contributed by atoms with van der Waals surface area (Å²) in [6.07, 6.45) is 1.10. The van der Waals surface area contributed by atoms with Gasteiger partial charge >= 0.3 is 0 Å². The Morgan fingerprint density at radius 1 is 1.31 bits per heavy atom. The van der Waals surface area contributed by atoms with Gasteiger partial charge in [-0.1, -0.05) is 25.1 Å². The van der Waals surface area contributed by atoms with Crippen LogP contribution in [0.4, 0.5) is 4.39 Å². The average Bonchev–Trinajstić information content (AvgIpc) is 2.28. The van der Waals surface area contributed by atoms with Gasteiger partial charge in [0, 0.05) is 12.1 Å². The van der Waals surface area contributed by atoms with Crippen molar-refractivity contribution < 1.29 is 4.39 Å². The van der Waals surface area contributed by atoms with Crippen molar-refractivity contribution in [2.24, 2.45) is 0 Å². The van der Waals surface area contributed by atoms with Gasteiger partial charge in [0.1, 0.15) is 5.82 Å². The van der Waals surface area contributed by atoms with Gasteiger partial charge < -0.3 is 10.2 Å². The number of nitrogens with zero attached hydrogens (tertiary/aromatic N) is 1. The van der Waals surface area contributed by atoms with E-state index in [1.165, 1.54) is 6.07 Å². The third-order valence-electron chi connectivity index (χ3n) is 2.54. The quantitative estimate of drug-likeness (QED) is 0.715. The molecule has 1 rings (SSSR count). The van der Waals surface area contributed by atoms with E-state index < -0.39 is 0 Å². The minimum atomic E-state index is -0.110. The molecule has 0 amide bonds. The Morgan fingerprint density at radius 3 is 2.75 bits per heavy atom. The van der Waals surface area contributed by atoms with E-state index in [1.807, 2.05) is 19.2 Å². The summed E-state index contributed by atoms with van der Waals surface area (Å²) in [4.78, 5) is 2.15. The molecule has 3 heteroatoms. The van der Waals surface area contributed by atoms with Crippen molar-refractivity contribution in [3.63, 3.8) is 0 Å². The summed E-state index contributed by atoms with van der Waals surface area (Å²) in [6, 6.07) is 6.97. The minimum absolute atomic E-state index is 0.110. The molecule has 0 saturated heterocycles. The van der Waals surface area contributed by atoms with Crippen LogP contribution in [0.5, 0.6) is 0 Å². The smallest absolute Gasteiger partial charge is 0.127 e. The Balaban J connectivity index is 2.28.